The summed E-state index contributed by atoms with van der Waals surface area (Å²) in [5.74, 6) is -0.384. The van der Waals surface area contributed by atoms with Gasteiger partial charge in [-0.3, -0.25) is 4.79 Å². The molecule has 1 aliphatic rings. The van der Waals surface area contributed by atoms with Crippen LogP contribution in [0.1, 0.15) is 5.56 Å². The predicted molar refractivity (Wildman–Crippen MR) is 108 cm³/mol. The van der Waals surface area contributed by atoms with Crippen LogP contribution in [0.2, 0.25) is 0 Å². The number of nitrogens with two attached hydrogens (primary N) is 1. The molecule has 0 radical (unpaired) electrons. The first kappa shape index (κ1) is 17.0. The molecule has 0 saturated heterocycles. The summed E-state index contributed by atoms with van der Waals surface area (Å²) in [6, 6.07) is 18.6. The minimum absolute atomic E-state index is 0.0329. The number of phenols is 1. The molecule has 0 fully saturated rings. The molecule has 0 saturated carbocycles. The number of benzene rings is 3. The number of aliphatic imine (C=N–C) groups is 1. The summed E-state index contributed by atoms with van der Waals surface area (Å²) < 4.78 is 0. The molecule has 27 heavy (non-hydrogen) atoms. The van der Waals surface area contributed by atoms with Crippen molar-refractivity contribution in [3.63, 3.8) is 0 Å². The van der Waals surface area contributed by atoms with E-state index in [4.69, 9.17) is 5.73 Å². The lowest BCUT2D eigenvalue weighted by atomic mass is 10.1. The molecule has 6 nitrogen and oxygen atoms in total. The monoisotopic (exact) mass is 374 g/mol. The van der Waals surface area contributed by atoms with Crippen LogP contribution in [0.4, 0.5) is 11.4 Å². The lowest BCUT2D eigenvalue weighted by Gasteiger charge is -2.03. The number of carbonyl (C=O) groups excluding carboxylic acids is 1. The average Bonchev–Trinajstić information content (AvgIpc) is 2.99. The van der Waals surface area contributed by atoms with Gasteiger partial charge in [0.2, 0.25) is 0 Å². The lowest BCUT2D eigenvalue weighted by molar-refractivity contribution is -0.113. The van der Waals surface area contributed by atoms with Crippen molar-refractivity contribution in [1.82, 2.24) is 0 Å². The Labute approximate surface area is 159 Å². The number of hydrogen-bond acceptors (Lipinski definition) is 6. The number of thioether (sulfide) groups is 1. The third-order valence-electron chi connectivity index (χ3n) is 3.97. The Hall–Kier alpha value is -3.45. The van der Waals surface area contributed by atoms with Crippen molar-refractivity contribution in [3.05, 3.63) is 71.1 Å². The Morgan fingerprint density at radius 1 is 1.04 bits per heavy atom. The molecule has 4 rings (SSSR count). The lowest BCUT2D eigenvalue weighted by Crippen LogP contribution is -2.01. The van der Waals surface area contributed by atoms with Crippen LogP contribution in [0.25, 0.3) is 16.8 Å². The van der Waals surface area contributed by atoms with Crippen LogP contribution in [-0.4, -0.2) is 16.2 Å². The van der Waals surface area contributed by atoms with Gasteiger partial charge in [0.1, 0.15) is 5.75 Å². The fraction of sp³-hybridized carbons (Fsp3) is 0. The van der Waals surface area contributed by atoms with Gasteiger partial charge in [0, 0.05) is 10.9 Å². The van der Waals surface area contributed by atoms with E-state index in [0.29, 0.717) is 16.2 Å². The second kappa shape index (κ2) is 7.05. The Bertz CT molecular complexity index is 1150. The van der Waals surface area contributed by atoms with Gasteiger partial charge < -0.3 is 10.8 Å². The maximum atomic E-state index is 11.7. The SMILES string of the molecule is NC1=NC(=O)/C(=C/c2cc(N=Nc3cccc4ccccc34)ccc2O)S1. The van der Waals surface area contributed by atoms with Gasteiger partial charge in [-0.25, -0.2) is 0 Å². The topological polar surface area (TPSA) is 100 Å². The molecule has 0 bridgehead atoms. The number of aromatic hydroxyl groups is 1. The van der Waals surface area contributed by atoms with E-state index in [0.717, 1.165) is 28.2 Å². The number of hydrogen-bond donors (Lipinski definition) is 2. The molecule has 0 unspecified atom stereocenters. The average molecular weight is 374 g/mol. The zero-order valence-electron chi connectivity index (χ0n) is 14.0. The largest absolute Gasteiger partial charge is 0.507 e. The number of amidine groups is 1. The van der Waals surface area contributed by atoms with Gasteiger partial charge in [-0.15, -0.1) is 5.11 Å². The van der Waals surface area contributed by atoms with Crippen molar-refractivity contribution in [3.8, 4) is 5.75 Å². The molecule has 1 aliphatic heterocycles. The van der Waals surface area contributed by atoms with Gasteiger partial charge >= 0.3 is 0 Å². The fourth-order valence-corrected chi connectivity index (χ4v) is 3.37. The third-order valence-corrected chi connectivity index (χ3v) is 4.79. The highest BCUT2D eigenvalue weighted by Gasteiger charge is 2.20. The summed E-state index contributed by atoms with van der Waals surface area (Å²) in [6.07, 6.45) is 1.54. The first-order chi connectivity index (χ1) is 13.1. The Morgan fingerprint density at radius 3 is 2.67 bits per heavy atom. The summed E-state index contributed by atoms with van der Waals surface area (Å²) in [5, 5.41) is 21.0. The molecular formula is C20H14N4O2S. The van der Waals surface area contributed by atoms with Crippen LogP contribution in [0.3, 0.4) is 0 Å². The van der Waals surface area contributed by atoms with Crippen LogP contribution in [0, 0.1) is 0 Å². The van der Waals surface area contributed by atoms with Crippen LogP contribution in [0.15, 0.2) is 80.8 Å². The molecule has 1 amide bonds. The maximum absolute atomic E-state index is 11.7. The minimum atomic E-state index is -0.417. The van der Waals surface area contributed by atoms with Crippen LogP contribution in [0.5, 0.6) is 5.75 Å². The molecule has 3 N–H and O–H groups in total. The van der Waals surface area contributed by atoms with E-state index < -0.39 is 5.91 Å². The van der Waals surface area contributed by atoms with E-state index in [1.165, 1.54) is 6.07 Å². The van der Waals surface area contributed by atoms with Crippen LogP contribution >= 0.6 is 11.8 Å². The molecule has 3 aromatic rings. The quantitative estimate of drug-likeness (QED) is 0.503. The smallest absolute Gasteiger partial charge is 0.286 e. The number of nitrogens with zero attached hydrogens (tertiary/aromatic N) is 3. The number of phenolic OH excluding ortho intramolecular Hbond substituents is 1. The molecule has 7 heteroatoms. The van der Waals surface area contributed by atoms with Gasteiger partial charge in [-0.05, 0) is 47.5 Å². The number of carbonyl (C=O) groups is 1. The molecule has 1 heterocycles. The highest BCUT2D eigenvalue weighted by Crippen LogP contribution is 2.32. The van der Waals surface area contributed by atoms with Crippen LogP contribution < -0.4 is 5.73 Å². The molecule has 132 valence electrons. The molecular weight excluding hydrogens is 360 g/mol. The standard InChI is InChI=1S/C20H14N4O2S/c21-20-22-19(26)18(27-20)11-13-10-14(8-9-17(13)25)23-24-16-7-3-5-12-4-1-2-6-15(12)16/h1-11,25H,(H2,21,22,26)/b18-11-,24-23?. The minimum Gasteiger partial charge on any atom is -0.507 e. The number of fused-ring (bicyclic) bond motifs is 1. The van der Waals surface area contributed by atoms with Crippen molar-refractivity contribution < 1.29 is 9.90 Å². The predicted octanol–water partition coefficient (Wildman–Crippen LogP) is 4.89. The molecule has 0 aromatic heterocycles. The second-order valence-electron chi connectivity index (χ2n) is 5.81. The molecule has 0 atom stereocenters. The number of rotatable bonds is 3. The highest BCUT2D eigenvalue weighted by atomic mass is 32.2. The number of azo groups is 1. The second-order valence-corrected chi connectivity index (χ2v) is 6.87. The van der Waals surface area contributed by atoms with Gasteiger partial charge in [0.25, 0.3) is 5.91 Å². The highest BCUT2D eigenvalue weighted by molar-refractivity contribution is 8.18. The van der Waals surface area contributed by atoms with E-state index in [9.17, 15) is 9.90 Å². The van der Waals surface area contributed by atoms with Crippen molar-refractivity contribution in [2.24, 2.45) is 21.0 Å². The molecule has 0 aliphatic carbocycles. The molecule has 0 spiro atoms. The van der Waals surface area contributed by atoms with E-state index >= 15 is 0 Å². The van der Waals surface area contributed by atoms with E-state index in [1.807, 2.05) is 42.5 Å². The van der Waals surface area contributed by atoms with Crippen molar-refractivity contribution in [2.75, 3.05) is 0 Å². The van der Waals surface area contributed by atoms with Crippen LogP contribution in [-0.2, 0) is 4.79 Å². The summed E-state index contributed by atoms with van der Waals surface area (Å²) >= 11 is 1.07. The first-order valence-electron chi connectivity index (χ1n) is 8.11. The fourth-order valence-electron chi connectivity index (χ4n) is 2.69. The van der Waals surface area contributed by atoms with Gasteiger partial charge in [-0.2, -0.15) is 10.1 Å². The van der Waals surface area contributed by atoms with Gasteiger partial charge in [0.15, 0.2) is 5.17 Å². The van der Waals surface area contributed by atoms with Crippen molar-refractivity contribution in [1.29, 1.82) is 0 Å². The third kappa shape index (κ3) is 3.58. The summed E-state index contributed by atoms with van der Waals surface area (Å²) in [4.78, 5) is 15.7. The normalized spacial score (nSPS) is 15.8. The summed E-state index contributed by atoms with van der Waals surface area (Å²) in [7, 11) is 0. The summed E-state index contributed by atoms with van der Waals surface area (Å²) in [5.41, 5.74) is 7.31. The summed E-state index contributed by atoms with van der Waals surface area (Å²) in [6.45, 7) is 0. The first-order valence-corrected chi connectivity index (χ1v) is 8.92. The van der Waals surface area contributed by atoms with E-state index in [1.54, 1.807) is 18.2 Å². The zero-order chi connectivity index (χ0) is 18.8. The zero-order valence-corrected chi connectivity index (χ0v) is 14.9. The van der Waals surface area contributed by atoms with Crippen molar-refractivity contribution >= 4 is 51.1 Å². The number of amides is 1. The Morgan fingerprint density at radius 2 is 1.85 bits per heavy atom. The van der Waals surface area contributed by atoms with E-state index in [-0.39, 0.29) is 10.9 Å². The van der Waals surface area contributed by atoms with Gasteiger partial charge in [0.05, 0.1) is 16.3 Å². The van der Waals surface area contributed by atoms with Crippen molar-refractivity contribution in [2.45, 2.75) is 0 Å². The molecule has 3 aromatic carbocycles. The Kier molecular flexibility index (Phi) is 4.43. The Balaban J connectivity index is 1.66. The van der Waals surface area contributed by atoms with Gasteiger partial charge in [-0.1, -0.05) is 36.4 Å². The van der Waals surface area contributed by atoms with E-state index in [2.05, 4.69) is 15.2 Å². The maximum Gasteiger partial charge on any atom is 0.286 e.